The maximum atomic E-state index is 13.1. The highest BCUT2D eigenvalue weighted by molar-refractivity contribution is 7.88. The number of aromatic nitrogens is 2. The van der Waals surface area contributed by atoms with Crippen LogP contribution in [0.5, 0.6) is 5.75 Å². The smallest absolute Gasteiger partial charge is 0.444 e. The molecular weight excluding hydrogens is 583 g/mol. The summed E-state index contributed by atoms with van der Waals surface area (Å²) in [6, 6.07) is 10.8. The molecule has 0 radical (unpaired) electrons. The summed E-state index contributed by atoms with van der Waals surface area (Å²) in [5, 5.41) is 0. The van der Waals surface area contributed by atoms with E-state index in [1.54, 1.807) is 12.3 Å². The number of imidazole rings is 1. The van der Waals surface area contributed by atoms with Crippen molar-refractivity contribution in [3.63, 3.8) is 0 Å². The van der Waals surface area contributed by atoms with Gasteiger partial charge in [-0.2, -0.15) is 21.6 Å². The van der Waals surface area contributed by atoms with Gasteiger partial charge in [-0.3, -0.25) is 4.90 Å². The van der Waals surface area contributed by atoms with E-state index in [0.29, 0.717) is 11.5 Å². The first kappa shape index (κ1) is 28.2. The van der Waals surface area contributed by atoms with E-state index in [1.807, 2.05) is 49.9 Å². The first-order chi connectivity index (χ1) is 20.2. The molecule has 8 nitrogen and oxygen atoms in total. The zero-order chi connectivity index (χ0) is 30.5. The van der Waals surface area contributed by atoms with Crippen LogP contribution in [0.2, 0.25) is 0 Å². The minimum atomic E-state index is -5.76. The van der Waals surface area contributed by atoms with Crippen LogP contribution in [0.1, 0.15) is 87.7 Å². The van der Waals surface area contributed by atoms with Gasteiger partial charge in [0, 0.05) is 11.6 Å². The van der Waals surface area contributed by atoms with Crippen molar-refractivity contribution < 1.29 is 35.3 Å². The third-order valence-corrected chi connectivity index (χ3v) is 10.1. The minimum absolute atomic E-state index is 0.0251. The summed E-state index contributed by atoms with van der Waals surface area (Å²) in [6.45, 7) is 5.57. The van der Waals surface area contributed by atoms with Gasteiger partial charge in [-0.1, -0.05) is 30.3 Å². The molecule has 7 rings (SSSR count). The molecule has 1 saturated heterocycles. The molecule has 12 heteroatoms. The molecule has 43 heavy (non-hydrogen) atoms. The van der Waals surface area contributed by atoms with Crippen LogP contribution in [0.15, 0.2) is 42.6 Å². The number of piperidine rings is 1. The van der Waals surface area contributed by atoms with E-state index in [9.17, 15) is 26.4 Å². The highest BCUT2D eigenvalue weighted by atomic mass is 32.2. The van der Waals surface area contributed by atoms with E-state index in [-0.39, 0.29) is 35.8 Å². The van der Waals surface area contributed by atoms with Crippen molar-refractivity contribution in [3.05, 3.63) is 59.5 Å². The number of amides is 1. The number of fused-ring (bicyclic) bond motifs is 6. The van der Waals surface area contributed by atoms with Crippen LogP contribution in [0.3, 0.4) is 0 Å². The van der Waals surface area contributed by atoms with Gasteiger partial charge in [-0.25, -0.2) is 9.78 Å². The second-order valence-corrected chi connectivity index (χ2v) is 14.6. The number of carbonyl (C=O) groups is 1. The highest BCUT2D eigenvalue weighted by Crippen LogP contribution is 2.59. The quantitative estimate of drug-likeness (QED) is 0.237. The third kappa shape index (κ3) is 4.87. The van der Waals surface area contributed by atoms with Gasteiger partial charge in [-0.15, -0.1) is 0 Å². The van der Waals surface area contributed by atoms with Crippen LogP contribution in [0, 0.1) is 5.92 Å². The van der Waals surface area contributed by atoms with Gasteiger partial charge in [0.2, 0.25) is 0 Å². The molecule has 4 aliphatic rings. The molecule has 3 aromatic rings. The van der Waals surface area contributed by atoms with Crippen LogP contribution in [0.25, 0.3) is 22.4 Å². The molecule has 5 unspecified atom stereocenters. The Morgan fingerprint density at radius 3 is 2.30 bits per heavy atom. The standard InChI is InChI=1S/C31H32F3N3O5S/c1-30(2,3)41-29(38)37-23-13-20(23)14-24(37)28-35-15-22(36-28)17-6-4-16(5-7-17)21-10-11-25(42-43(39,40)31(32,33)34)27-19-9-8-18(12-19)26(21)27/h4-7,10-11,15,18-20,23-24H,8-9,12-14H2,1-3H3,(H,35,36). The maximum Gasteiger partial charge on any atom is 0.534 e. The number of carbonyl (C=O) groups excluding carboxylic acids is 1. The maximum absolute atomic E-state index is 13.1. The molecule has 1 N–H and O–H groups in total. The molecule has 5 atom stereocenters. The number of ether oxygens (including phenoxy) is 1. The monoisotopic (exact) mass is 615 g/mol. The van der Waals surface area contributed by atoms with Crippen LogP contribution < -0.4 is 4.18 Å². The van der Waals surface area contributed by atoms with Gasteiger partial charge in [0.25, 0.3) is 0 Å². The van der Waals surface area contributed by atoms with Crippen molar-refractivity contribution in [1.29, 1.82) is 0 Å². The number of likely N-dealkylation sites (tertiary alicyclic amines) is 1. The van der Waals surface area contributed by atoms with Crippen molar-refractivity contribution in [1.82, 2.24) is 14.9 Å². The van der Waals surface area contributed by atoms with Crippen molar-refractivity contribution in [3.8, 4) is 28.1 Å². The first-order valence-electron chi connectivity index (χ1n) is 14.5. The molecule has 1 aromatic heterocycles. The van der Waals surface area contributed by atoms with Crippen LogP contribution in [0.4, 0.5) is 18.0 Å². The molecule has 3 aliphatic carbocycles. The lowest BCUT2D eigenvalue weighted by Crippen LogP contribution is -2.38. The number of H-pyrrole nitrogens is 1. The Kier molecular flexibility index (Phi) is 6.23. The van der Waals surface area contributed by atoms with Gasteiger partial charge < -0.3 is 13.9 Å². The largest absolute Gasteiger partial charge is 0.534 e. The van der Waals surface area contributed by atoms with Gasteiger partial charge in [0.15, 0.2) is 0 Å². The van der Waals surface area contributed by atoms with E-state index >= 15 is 0 Å². The fourth-order valence-corrected chi connectivity index (χ4v) is 7.71. The molecule has 1 aliphatic heterocycles. The average Bonchev–Trinajstić information content (AvgIpc) is 3.40. The SMILES string of the molecule is CC(C)(C)OC(=O)N1C(c2ncc(-c3ccc(-c4ccc(OS(=O)(=O)C(F)(F)F)c5c4C4CCC5C4)cc3)[nH]2)CC2CC21. The van der Waals surface area contributed by atoms with Crippen LogP contribution in [-0.2, 0) is 14.9 Å². The van der Waals surface area contributed by atoms with E-state index in [1.165, 1.54) is 6.07 Å². The minimum Gasteiger partial charge on any atom is -0.444 e. The summed E-state index contributed by atoms with van der Waals surface area (Å²) in [6.07, 6.45) is 5.72. The van der Waals surface area contributed by atoms with Crippen molar-refractivity contribution in [2.24, 2.45) is 5.92 Å². The number of alkyl halides is 3. The number of hydrogen-bond acceptors (Lipinski definition) is 6. The third-order valence-electron chi connectivity index (χ3n) is 9.11. The fraction of sp³-hybridized carbons (Fsp3) is 0.484. The van der Waals surface area contributed by atoms with Crippen molar-refractivity contribution in [2.75, 3.05) is 0 Å². The van der Waals surface area contributed by atoms with Gasteiger partial charge in [0.05, 0.1) is 17.9 Å². The number of nitrogens with zero attached hydrogens (tertiary/aromatic N) is 2. The lowest BCUT2D eigenvalue weighted by atomic mass is 9.85. The molecule has 0 spiro atoms. The summed E-state index contributed by atoms with van der Waals surface area (Å²) in [5.41, 5.74) is -1.18. The van der Waals surface area contributed by atoms with E-state index < -0.39 is 21.2 Å². The predicted octanol–water partition coefficient (Wildman–Crippen LogP) is 7.41. The van der Waals surface area contributed by atoms with Crippen molar-refractivity contribution >= 4 is 16.2 Å². The van der Waals surface area contributed by atoms with Crippen LogP contribution >= 0.6 is 0 Å². The lowest BCUT2D eigenvalue weighted by molar-refractivity contribution is -0.0500. The zero-order valence-corrected chi connectivity index (χ0v) is 24.8. The van der Waals surface area contributed by atoms with E-state index in [2.05, 4.69) is 14.2 Å². The van der Waals surface area contributed by atoms with E-state index in [0.717, 1.165) is 65.9 Å². The first-order valence-corrected chi connectivity index (χ1v) is 16.0. The Labute approximate surface area is 247 Å². The summed E-state index contributed by atoms with van der Waals surface area (Å²) in [5.74, 6) is 1.08. The Morgan fingerprint density at radius 1 is 0.953 bits per heavy atom. The number of rotatable bonds is 5. The molecule has 2 saturated carbocycles. The molecule has 2 bridgehead atoms. The van der Waals surface area contributed by atoms with Crippen LogP contribution in [-0.4, -0.2) is 46.5 Å². The molecule has 228 valence electrons. The summed E-state index contributed by atoms with van der Waals surface area (Å²) < 4.78 is 73.1. The van der Waals surface area contributed by atoms with Gasteiger partial charge >= 0.3 is 21.7 Å². The Bertz CT molecular complexity index is 1710. The summed E-state index contributed by atoms with van der Waals surface area (Å²) >= 11 is 0. The Morgan fingerprint density at radius 2 is 1.63 bits per heavy atom. The Balaban J connectivity index is 1.15. The number of aromatic amines is 1. The lowest BCUT2D eigenvalue weighted by Gasteiger charge is -2.29. The highest BCUT2D eigenvalue weighted by Gasteiger charge is 2.56. The average molecular weight is 616 g/mol. The number of halogens is 3. The van der Waals surface area contributed by atoms with E-state index in [4.69, 9.17) is 4.74 Å². The molecule has 1 amide bonds. The van der Waals surface area contributed by atoms with Gasteiger partial charge in [0.1, 0.15) is 17.2 Å². The Hall–Kier alpha value is -3.54. The molecule has 2 aromatic carbocycles. The van der Waals surface area contributed by atoms with Gasteiger partial charge in [-0.05, 0) is 98.9 Å². The molecule has 2 heterocycles. The predicted molar refractivity (Wildman–Crippen MR) is 152 cm³/mol. The topological polar surface area (TPSA) is 102 Å². The molecular formula is C31H32F3N3O5S. The zero-order valence-electron chi connectivity index (χ0n) is 23.9. The number of hydrogen-bond donors (Lipinski definition) is 1. The second kappa shape index (κ2) is 9.48. The summed E-state index contributed by atoms with van der Waals surface area (Å²) in [7, 11) is -5.76. The number of benzene rings is 2. The summed E-state index contributed by atoms with van der Waals surface area (Å²) in [4.78, 5) is 22.8. The van der Waals surface area contributed by atoms with Crippen molar-refractivity contribution in [2.45, 2.75) is 87.9 Å². The molecule has 3 fully saturated rings. The normalized spacial score (nSPS) is 25.9. The second-order valence-electron chi connectivity index (χ2n) is 13.1. The fourth-order valence-electron chi connectivity index (χ4n) is 7.23. The number of nitrogens with one attached hydrogen (secondary N) is 1.